The average molecular weight is 629 g/mol. The van der Waals surface area contributed by atoms with Gasteiger partial charge in [0, 0.05) is 22.3 Å². The summed E-state index contributed by atoms with van der Waals surface area (Å²) in [5.74, 6) is -0.932. The first-order valence-electron chi connectivity index (χ1n) is 15.5. The molecule has 7 aromatic rings. The number of carbonyl (C=O) groups excluding carboxylic acids is 2. The average Bonchev–Trinajstić information content (AvgIpc) is 3.15. The summed E-state index contributed by atoms with van der Waals surface area (Å²) in [6.45, 7) is 4.01. The van der Waals surface area contributed by atoms with Crippen molar-refractivity contribution in [2.75, 3.05) is 11.5 Å². The van der Waals surface area contributed by atoms with Crippen molar-refractivity contribution in [3.05, 3.63) is 180 Å². The molecular formula is C42H36N4O2. The van der Waals surface area contributed by atoms with Crippen LogP contribution in [0.3, 0.4) is 0 Å². The lowest BCUT2D eigenvalue weighted by atomic mass is 10.0. The molecule has 6 nitrogen and oxygen atoms in total. The van der Waals surface area contributed by atoms with Gasteiger partial charge in [-0.25, -0.2) is 9.97 Å². The first-order valence-corrected chi connectivity index (χ1v) is 15.5. The van der Waals surface area contributed by atoms with Crippen LogP contribution in [0.4, 0.5) is 11.4 Å². The fourth-order valence-corrected chi connectivity index (χ4v) is 4.96. The molecule has 0 saturated carbocycles. The molecular weight excluding hydrogens is 592 g/mol. The number of ketones is 2. The normalized spacial score (nSPS) is 10.2. The molecule has 0 atom stereocenters. The monoisotopic (exact) mass is 628 g/mol. The molecule has 0 aliphatic heterocycles. The molecule has 0 saturated heterocycles. The van der Waals surface area contributed by atoms with Crippen LogP contribution in [0.2, 0.25) is 0 Å². The number of hydrogen-bond acceptors (Lipinski definition) is 6. The van der Waals surface area contributed by atoms with Crippen molar-refractivity contribution >= 4 is 34.0 Å². The Hall–Kier alpha value is -6.40. The van der Waals surface area contributed by atoms with E-state index in [1.54, 1.807) is 54.6 Å². The molecule has 0 amide bonds. The zero-order valence-electron chi connectivity index (χ0n) is 26.9. The van der Waals surface area contributed by atoms with E-state index in [0.29, 0.717) is 22.5 Å². The Morgan fingerprint density at radius 3 is 1.33 bits per heavy atom. The number of nitrogens with zero attached hydrogens (tertiary/aromatic N) is 2. The lowest BCUT2D eigenvalue weighted by molar-refractivity contribution is 0.0817. The summed E-state index contributed by atoms with van der Waals surface area (Å²) in [5, 5.41) is 0. The van der Waals surface area contributed by atoms with Crippen molar-refractivity contribution in [3.63, 3.8) is 0 Å². The minimum absolute atomic E-state index is 0.427. The number of anilines is 2. The summed E-state index contributed by atoms with van der Waals surface area (Å²) < 4.78 is 0. The van der Waals surface area contributed by atoms with Gasteiger partial charge in [-0.1, -0.05) is 146 Å². The number of hydrogen-bond donors (Lipinski definition) is 2. The summed E-state index contributed by atoms with van der Waals surface area (Å²) in [7, 11) is 0. The van der Waals surface area contributed by atoms with Gasteiger partial charge in [-0.3, -0.25) is 9.59 Å². The maximum absolute atomic E-state index is 11.8. The Kier molecular flexibility index (Phi) is 10.8. The van der Waals surface area contributed by atoms with Crippen LogP contribution in [-0.2, 0) is 0 Å². The van der Waals surface area contributed by atoms with E-state index in [9.17, 15) is 9.59 Å². The van der Waals surface area contributed by atoms with Crippen LogP contribution in [0.1, 0.15) is 31.8 Å². The van der Waals surface area contributed by atoms with E-state index in [-0.39, 0.29) is 0 Å². The number of nitrogen functional groups attached to an aromatic ring is 2. The first kappa shape index (κ1) is 33.0. The fourth-order valence-electron chi connectivity index (χ4n) is 4.96. The van der Waals surface area contributed by atoms with Crippen molar-refractivity contribution in [1.82, 2.24) is 9.97 Å². The second-order valence-electron chi connectivity index (χ2n) is 11.1. The maximum atomic E-state index is 11.8. The summed E-state index contributed by atoms with van der Waals surface area (Å²) in [4.78, 5) is 33.5. The molecule has 48 heavy (non-hydrogen) atoms. The summed E-state index contributed by atoms with van der Waals surface area (Å²) in [6.07, 6.45) is 0. The van der Waals surface area contributed by atoms with Gasteiger partial charge in [-0.05, 0) is 37.1 Å². The van der Waals surface area contributed by atoms with E-state index >= 15 is 0 Å². The topological polar surface area (TPSA) is 112 Å². The highest BCUT2D eigenvalue weighted by Gasteiger charge is 2.17. The zero-order chi connectivity index (χ0) is 33.9. The molecule has 0 fully saturated rings. The molecule has 236 valence electrons. The number of nitrogens with two attached hydrogens (primary N) is 2. The third-order valence-electron chi connectivity index (χ3n) is 7.63. The third-order valence-corrected chi connectivity index (χ3v) is 7.63. The number of benzene rings is 6. The Labute approximate surface area is 280 Å². The van der Waals surface area contributed by atoms with Crippen LogP contribution < -0.4 is 11.5 Å². The number of para-hydroxylation sites is 2. The van der Waals surface area contributed by atoms with Crippen molar-refractivity contribution in [2.45, 2.75) is 13.8 Å². The smallest absolute Gasteiger partial charge is 0.233 e. The third kappa shape index (κ3) is 8.05. The second-order valence-corrected chi connectivity index (χ2v) is 11.1. The van der Waals surface area contributed by atoms with E-state index in [0.717, 1.165) is 44.7 Å². The summed E-state index contributed by atoms with van der Waals surface area (Å²) in [6, 6.07) is 49.4. The van der Waals surface area contributed by atoms with Crippen LogP contribution in [0.5, 0.6) is 0 Å². The highest BCUT2D eigenvalue weighted by atomic mass is 16.2. The molecule has 6 heteroatoms. The molecule has 4 N–H and O–H groups in total. The number of rotatable bonds is 5. The molecule has 0 aliphatic rings. The Morgan fingerprint density at radius 2 is 0.875 bits per heavy atom. The van der Waals surface area contributed by atoms with Crippen molar-refractivity contribution in [2.24, 2.45) is 0 Å². The molecule has 1 heterocycles. The van der Waals surface area contributed by atoms with E-state index < -0.39 is 11.6 Å². The van der Waals surface area contributed by atoms with E-state index in [1.807, 2.05) is 79.7 Å². The van der Waals surface area contributed by atoms with E-state index in [1.165, 1.54) is 0 Å². The van der Waals surface area contributed by atoms with Gasteiger partial charge in [-0.2, -0.15) is 0 Å². The van der Waals surface area contributed by atoms with Crippen LogP contribution >= 0.6 is 0 Å². The second kappa shape index (κ2) is 15.7. The highest BCUT2D eigenvalue weighted by molar-refractivity contribution is 6.49. The largest absolute Gasteiger partial charge is 0.397 e. The van der Waals surface area contributed by atoms with Crippen LogP contribution in [0, 0.1) is 13.8 Å². The van der Waals surface area contributed by atoms with Gasteiger partial charge in [0.15, 0.2) is 0 Å². The van der Waals surface area contributed by atoms with E-state index in [4.69, 9.17) is 21.4 Å². The van der Waals surface area contributed by atoms with Gasteiger partial charge in [-0.15, -0.1) is 0 Å². The molecule has 6 aromatic carbocycles. The maximum Gasteiger partial charge on any atom is 0.233 e. The van der Waals surface area contributed by atoms with Gasteiger partial charge < -0.3 is 11.5 Å². The van der Waals surface area contributed by atoms with E-state index in [2.05, 4.69) is 37.3 Å². The summed E-state index contributed by atoms with van der Waals surface area (Å²) in [5.41, 5.74) is 21.4. The quantitative estimate of drug-likeness (QED) is 0.112. The molecule has 0 aliphatic carbocycles. The van der Waals surface area contributed by atoms with Crippen molar-refractivity contribution in [1.29, 1.82) is 0 Å². The molecule has 0 radical (unpaired) electrons. The summed E-state index contributed by atoms with van der Waals surface area (Å²) >= 11 is 0. The Balaban J connectivity index is 0.000000156. The molecule has 0 spiro atoms. The van der Waals surface area contributed by atoms with Crippen LogP contribution in [0.15, 0.2) is 158 Å². The lowest BCUT2D eigenvalue weighted by Gasteiger charge is -2.11. The standard InChI is InChI=1S/C21H16N2.C14H10O2.C7H10N2/c1-15-9-8-14-18-19(15)23-21(17-12-6-3-7-13-17)20(22-18)16-10-4-2-5-11-16;15-13(11-7-3-1-4-8-11)14(16)12-9-5-2-6-10-12;1-5-3-2-4-6(8)7(5)9/h2-14H,1H3;1-10H;2-4H,8-9H2,1H3. The van der Waals surface area contributed by atoms with Gasteiger partial charge >= 0.3 is 0 Å². The number of Topliss-reactive ketones (excluding diaryl/α,β-unsaturated/α-hetero) is 2. The van der Waals surface area contributed by atoms with Gasteiger partial charge in [0.05, 0.1) is 33.8 Å². The minimum atomic E-state index is -0.466. The van der Waals surface area contributed by atoms with Crippen LogP contribution in [-0.4, -0.2) is 21.5 Å². The molecule has 0 unspecified atom stereocenters. The van der Waals surface area contributed by atoms with Crippen molar-refractivity contribution in [3.8, 4) is 22.5 Å². The molecule has 1 aromatic heterocycles. The molecule has 7 rings (SSSR count). The van der Waals surface area contributed by atoms with Crippen molar-refractivity contribution < 1.29 is 9.59 Å². The number of fused-ring (bicyclic) bond motifs is 1. The number of carbonyl (C=O) groups is 2. The minimum Gasteiger partial charge on any atom is -0.397 e. The fraction of sp³-hybridized carbons (Fsp3) is 0.0476. The SMILES string of the molecule is Cc1cccc(N)c1N.Cc1cccc2nc(-c3ccccc3)c(-c3ccccc3)nc12.O=C(C(=O)c1ccccc1)c1ccccc1. The number of aryl methyl sites for hydroxylation is 2. The van der Waals surface area contributed by atoms with Gasteiger partial charge in [0.2, 0.25) is 11.6 Å². The first-order chi connectivity index (χ1) is 23.3. The Morgan fingerprint density at radius 1 is 0.458 bits per heavy atom. The predicted molar refractivity (Wildman–Crippen MR) is 197 cm³/mol. The number of aromatic nitrogens is 2. The Bertz CT molecular complexity index is 2060. The molecule has 0 bridgehead atoms. The van der Waals surface area contributed by atoms with Gasteiger partial charge in [0.1, 0.15) is 0 Å². The predicted octanol–water partition coefficient (Wildman–Crippen LogP) is 9.18. The van der Waals surface area contributed by atoms with Crippen LogP contribution in [0.25, 0.3) is 33.5 Å². The van der Waals surface area contributed by atoms with Gasteiger partial charge in [0.25, 0.3) is 0 Å². The zero-order valence-corrected chi connectivity index (χ0v) is 26.9. The highest BCUT2D eigenvalue weighted by Crippen LogP contribution is 2.31. The lowest BCUT2D eigenvalue weighted by Crippen LogP contribution is -2.14.